The Morgan fingerprint density at radius 1 is 1.22 bits per heavy atom. The van der Waals surface area contributed by atoms with Crippen LogP contribution in [-0.2, 0) is 6.18 Å². The number of carbonyl (C=O) groups excluding carboxylic acids is 1. The van der Waals surface area contributed by atoms with Crippen molar-refractivity contribution >= 4 is 44.9 Å². The number of benzene rings is 1. The average molecular weight is 490 g/mol. The quantitative estimate of drug-likeness (QED) is 0.379. The molecule has 0 bridgehead atoms. The van der Waals surface area contributed by atoms with Gasteiger partial charge in [0.25, 0.3) is 5.91 Å². The van der Waals surface area contributed by atoms with Gasteiger partial charge in [-0.3, -0.25) is 4.79 Å². The number of nitrogens with zero attached hydrogens (tertiary/aromatic N) is 4. The van der Waals surface area contributed by atoms with E-state index in [-0.39, 0.29) is 27.8 Å². The molecule has 1 amide bonds. The zero-order valence-electron chi connectivity index (χ0n) is 15.4. The van der Waals surface area contributed by atoms with Crippen LogP contribution in [-0.4, -0.2) is 31.7 Å². The van der Waals surface area contributed by atoms with Crippen molar-refractivity contribution in [1.29, 1.82) is 0 Å². The number of hydrogen-bond donors (Lipinski definition) is 1. The highest BCUT2D eigenvalue weighted by atomic mass is 35.5. The molecule has 0 aliphatic carbocycles. The number of ether oxygens (including phenoxy) is 1. The first-order valence-electron chi connectivity index (χ1n) is 8.58. The van der Waals surface area contributed by atoms with Crippen LogP contribution in [0.4, 0.5) is 27.8 Å². The van der Waals surface area contributed by atoms with Crippen LogP contribution >= 0.6 is 23.1 Å². The summed E-state index contributed by atoms with van der Waals surface area (Å²) in [7, 11) is 0. The fraction of sp³-hybridized carbons (Fsp3) is 0.111. The molecule has 1 N–H and O–H groups in total. The number of nitrogens with one attached hydrogen (secondary N) is 1. The molecule has 3 heterocycles. The van der Waals surface area contributed by atoms with Gasteiger partial charge in [0.1, 0.15) is 11.4 Å². The third-order valence-corrected chi connectivity index (χ3v) is 5.19. The van der Waals surface area contributed by atoms with Gasteiger partial charge in [-0.2, -0.15) is 31.4 Å². The van der Waals surface area contributed by atoms with E-state index < -0.39 is 30.1 Å². The highest BCUT2D eigenvalue weighted by Crippen LogP contribution is 2.36. The fourth-order valence-corrected chi connectivity index (χ4v) is 3.74. The fourth-order valence-electron chi connectivity index (χ4n) is 2.79. The van der Waals surface area contributed by atoms with Crippen LogP contribution in [0.15, 0.2) is 42.6 Å². The molecule has 4 aromatic rings. The van der Waals surface area contributed by atoms with Crippen molar-refractivity contribution < 1.29 is 31.5 Å². The lowest BCUT2D eigenvalue weighted by Gasteiger charge is -2.09. The Kier molecular flexibility index (Phi) is 5.69. The molecule has 1 aromatic carbocycles. The molecule has 14 heteroatoms. The summed E-state index contributed by atoms with van der Waals surface area (Å²) in [6.45, 7) is -3.13. The van der Waals surface area contributed by atoms with E-state index >= 15 is 0 Å². The predicted octanol–water partition coefficient (Wildman–Crippen LogP) is 5.40. The summed E-state index contributed by atoms with van der Waals surface area (Å²) < 4.78 is 74.8. The maximum atomic E-state index is 13.3. The van der Waals surface area contributed by atoms with Gasteiger partial charge in [-0.15, -0.1) is 0 Å². The van der Waals surface area contributed by atoms with E-state index in [9.17, 15) is 26.7 Å². The largest absolute Gasteiger partial charge is 0.435 e. The molecule has 0 unspecified atom stereocenters. The average Bonchev–Trinajstić information content (AvgIpc) is 3.33. The van der Waals surface area contributed by atoms with Crippen molar-refractivity contribution in [2.75, 3.05) is 5.32 Å². The van der Waals surface area contributed by atoms with Crippen molar-refractivity contribution in [3.8, 4) is 11.6 Å². The molecule has 0 aliphatic heterocycles. The molecule has 0 aliphatic rings. The molecular formula is C18H9ClF5N5O2S. The number of hydrogen-bond acceptors (Lipinski definition) is 6. The maximum Gasteiger partial charge on any atom is 0.435 e. The standard InChI is InChI=1S/C18H9ClF5N5O2S/c19-8-3-2-6-25-15(8)29-9(7-12(27-29)18(22,23)24)16(30)26-14-13-10(31-17(20)21)4-1-5-11(13)32-28-14/h1-7,17H,(H,26,28,30). The summed E-state index contributed by atoms with van der Waals surface area (Å²) in [6, 6.07) is 7.59. The Bertz CT molecular complexity index is 1310. The van der Waals surface area contributed by atoms with E-state index in [4.69, 9.17) is 11.6 Å². The van der Waals surface area contributed by atoms with Crippen molar-refractivity contribution in [1.82, 2.24) is 19.1 Å². The Morgan fingerprint density at radius 3 is 2.69 bits per heavy atom. The van der Waals surface area contributed by atoms with E-state index in [0.29, 0.717) is 15.4 Å². The van der Waals surface area contributed by atoms with Crippen LogP contribution in [0.5, 0.6) is 5.75 Å². The Hall–Kier alpha value is -3.32. The molecule has 32 heavy (non-hydrogen) atoms. The van der Waals surface area contributed by atoms with E-state index in [0.717, 1.165) is 11.5 Å². The molecule has 0 fully saturated rings. The maximum absolute atomic E-state index is 13.3. The number of rotatable bonds is 5. The minimum Gasteiger partial charge on any atom is -0.434 e. The number of carbonyl (C=O) groups is 1. The van der Waals surface area contributed by atoms with Gasteiger partial charge in [-0.25, -0.2) is 9.67 Å². The number of halogens is 6. The molecule has 0 radical (unpaired) electrons. The molecule has 7 nitrogen and oxygen atoms in total. The highest BCUT2D eigenvalue weighted by Gasteiger charge is 2.36. The second kappa shape index (κ2) is 8.31. The smallest absolute Gasteiger partial charge is 0.434 e. The van der Waals surface area contributed by atoms with Crippen molar-refractivity contribution in [2.24, 2.45) is 0 Å². The van der Waals surface area contributed by atoms with Gasteiger partial charge in [0.2, 0.25) is 0 Å². The lowest BCUT2D eigenvalue weighted by molar-refractivity contribution is -0.141. The van der Waals surface area contributed by atoms with E-state index in [1.807, 2.05) is 0 Å². The number of anilines is 1. The zero-order chi connectivity index (χ0) is 23.0. The SMILES string of the molecule is O=C(Nc1nsc2cccc(OC(F)F)c12)c1cc(C(F)(F)F)nn1-c1ncccc1Cl. The lowest BCUT2D eigenvalue weighted by atomic mass is 10.2. The van der Waals surface area contributed by atoms with Gasteiger partial charge < -0.3 is 10.1 Å². The lowest BCUT2D eigenvalue weighted by Crippen LogP contribution is -2.18. The Labute approximate surface area is 184 Å². The summed E-state index contributed by atoms with van der Waals surface area (Å²) >= 11 is 6.89. The van der Waals surface area contributed by atoms with Crippen LogP contribution in [0.25, 0.3) is 15.9 Å². The molecule has 0 saturated carbocycles. The van der Waals surface area contributed by atoms with E-state index in [1.165, 1.54) is 30.5 Å². The van der Waals surface area contributed by atoms with Crippen LogP contribution in [0.1, 0.15) is 16.2 Å². The Balaban J connectivity index is 1.78. The molecular weight excluding hydrogens is 481 g/mol. The van der Waals surface area contributed by atoms with Gasteiger partial charge in [-0.1, -0.05) is 17.7 Å². The molecule has 0 saturated heterocycles. The minimum atomic E-state index is -4.85. The molecule has 166 valence electrons. The predicted molar refractivity (Wildman–Crippen MR) is 106 cm³/mol. The van der Waals surface area contributed by atoms with E-state index in [2.05, 4.69) is 24.5 Å². The van der Waals surface area contributed by atoms with Gasteiger partial charge in [0.15, 0.2) is 17.3 Å². The second-order valence-electron chi connectivity index (χ2n) is 6.13. The second-order valence-corrected chi connectivity index (χ2v) is 7.34. The first-order chi connectivity index (χ1) is 15.1. The topological polar surface area (TPSA) is 81.9 Å². The number of aromatic nitrogens is 4. The molecule has 0 atom stereocenters. The van der Waals surface area contributed by atoms with Gasteiger partial charge in [0.05, 0.1) is 15.1 Å². The number of pyridine rings is 1. The van der Waals surface area contributed by atoms with Crippen LogP contribution in [0.2, 0.25) is 5.02 Å². The number of fused-ring (bicyclic) bond motifs is 1. The molecule has 4 rings (SSSR count). The van der Waals surface area contributed by atoms with Crippen LogP contribution in [0.3, 0.4) is 0 Å². The zero-order valence-corrected chi connectivity index (χ0v) is 17.0. The third-order valence-electron chi connectivity index (χ3n) is 4.08. The summed E-state index contributed by atoms with van der Waals surface area (Å²) in [5, 5.41) is 5.77. The van der Waals surface area contributed by atoms with Gasteiger partial charge in [0, 0.05) is 12.3 Å². The molecule has 3 aromatic heterocycles. The van der Waals surface area contributed by atoms with Crippen LogP contribution in [0, 0.1) is 0 Å². The third kappa shape index (κ3) is 4.21. The van der Waals surface area contributed by atoms with Crippen molar-refractivity contribution in [3.05, 3.63) is 59.0 Å². The van der Waals surface area contributed by atoms with E-state index in [1.54, 1.807) is 6.07 Å². The Morgan fingerprint density at radius 2 is 2.00 bits per heavy atom. The number of amides is 1. The number of alkyl halides is 5. The summed E-state index contributed by atoms with van der Waals surface area (Å²) in [4.78, 5) is 16.8. The van der Waals surface area contributed by atoms with Gasteiger partial charge in [-0.05, 0) is 35.8 Å². The van der Waals surface area contributed by atoms with Crippen molar-refractivity contribution in [3.63, 3.8) is 0 Å². The summed E-state index contributed by atoms with van der Waals surface area (Å²) in [6.07, 6.45) is -3.59. The first kappa shape index (κ1) is 21.9. The first-order valence-corrected chi connectivity index (χ1v) is 9.73. The monoisotopic (exact) mass is 489 g/mol. The summed E-state index contributed by atoms with van der Waals surface area (Å²) in [5.41, 5.74) is -1.90. The van der Waals surface area contributed by atoms with Gasteiger partial charge >= 0.3 is 12.8 Å². The normalized spacial score (nSPS) is 11.8. The summed E-state index contributed by atoms with van der Waals surface area (Å²) in [5.74, 6) is -1.67. The minimum absolute atomic E-state index is 0.0508. The molecule has 0 spiro atoms. The van der Waals surface area contributed by atoms with Crippen LogP contribution < -0.4 is 10.1 Å². The van der Waals surface area contributed by atoms with Crippen molar-refractivity contribution in [2.45, 2.75) is 12.8 Å². The highest BCUT2D eigenvalue weighted by molar-refractivity contribution is 7.13.